The molecule has 2 aromatic carbocycles. The molecule has 136 valence electrons. The Morgan fingerprint density at radius 1 is 1.27 bits per heavy atom. The molecule has 1 amide bonds. The molecule has 2 rings (SSSR count). The highest BCUT2D eigenvalue weighted by Crippen LogP contribution is 2.29. The standard InChI is InChI=1S/C18H19N3O4S/c1-3-11(2)13-6-9-16(22)15(10-13)19-18(26)20-17(23)12-4-7-14(8-5-12)21(24)25/h4-11,22H,3H2,1-2H3,(H2,19,20,23,26). The summed E-state index contributed by atoms with van der Waals surface area (Å²) in [5.41, 5.74) is 1.57. The van der Waals surface area contributed by atoms with Gasteiger partial charge >= 0.3 is 0 Å². The van der Waals surface area contributed by atoms with Crippen LogP contribution in [0.2, 0.25) is 0 Å². The smallest absolute Gasteiger partial charge is 0.269 e. The summed E-state index contributed by atoms with van der Waals surface area (Å²) in [6, 6.07) is 10.4. The van der Waals surface area contributed by atoms with Crippen molar-refractivity contribution >= 4 is 34.6 Å². The molecule has 26 heavy (non-hydrogen) atoms. The predicted molar refractivity (Wildman–Crippen MR) is 104 cm³/mol. The summed E-state index contributed by atoms with van der Waals surface area (Å²) in [4.78, 5) is 22.3. The quantitative estimate of drug-likeness (QED) is 0.317. The number of hydrogen-bond acceptors (Lipinski definition) is 5. The monoisotopic (exact) mass is 373 g/mol. The summed E-state index contributed by atoms with van der Waals surface area (Å²) < 4.78 is 0. The van der Waals surface area contributed by atoms with Crippen molar-refractivity contribution < 1.29 is 14.8 Å². The number of phenols is 1. The summed E-state index contributed by atoms with van der Waals surface area (Å²) in [5, 5.41) is 25.9. The van der Waals surface area contributed by atoms with E-state index in [1.807, 2.05) is 6.07 Å². The third-order valence-electron chi connectivity index (χ3n) is 4.02. The molecule has 7 nitrogen and oxygen atoms in total. The number of non-ortho nitro benzene ring substituents is 1. The fourth-order valence-corrected chi connectivity index (χ4v) is 2.46. The van der Waals surface area contributed by atoms with Gasteiger partial charge < -0.3 is 10.4 Å². The molecule has 8 heteroatoms. The van der Waals surface area contributed by atoms with Crippen LogP contribution in [0.3, 0.4) is 0 Å². The number of nitrogens with one attached hydrogen (secondary N) is 2. The van der Waals surface area contributed by atoms with Crippen LogP contribution in [0.4, 0.5) is 11.4 Å². The second kappa shape index (κ2) is 8.39. The van der Waals surface area contributed by atoms with Crippen LogP contribution in [0.15, 0.2) is 42.5 Å². The minimum atomic E-state index is -0.541. The number of thiocarbonyl (C=S) groups is 1. The van der Waals surface area contributed by atoms with Gasteiger partial charge in [0.05, 0.1) is 10.6 Å². The second-order valence-corrected chi connectivity index (χ2v) is 6.21. The molecule has 0 spiro atoms. The van der Waals surface area contributed by atoms with Crippen LogP contribution in [-0.2, 0) is 0 Å². The van der Waals surface area contributed by atoms with Crippen molar-refractivity contribution in [2.24, 2.45) is 0 Å². The molecule has 0 fully saturated rings. The van der Waals surface area contributed by atoms with Gasteiger partial charge in [0.25, 0.3) is 11.6 Å². The normalized spacial score (nSPS) is 11.5. The summed E-state index contributed by atoms with van der Waals surface area (Å²) in [6.07, 6.45) is 0.950. The molecule has 0 saturated heterocycles. The molecule has 0 aliphatic carbocycles. The zero-order valence-electron chi connectivity index (χ0n) is 14.4. The second-order valence-electron chi connectivity index (χ2n) is 5.80. The molecule has 0 saturated carbocycles. The van der Waals surface area contributed by atoms with Crippen molar-refractivity contribution in [3.05, 3.63) is 63.7 Å². The summed E-state index contributed by atoms with van der Waals surface area (Å²) >= 11 is 5.11. The van der Waals surface area contributed by atoms with Crippen molar-refractivity contribution in [1.82, 2.24) is 5.32 Å². The average Bonchev–Trinajstić information content (AvgIpc) is 2.62. The maximum atomic E-state index is 12.2. The molecule has 3 N–H and O–H groups in total. The fraction of sp³-hybridized carbons (Fsp3) is 0.222. The summed E-state index contributed by atoms with van der Waals surface area (Å²) in [7, 11) is 0. The fourth-order valence-electron chi connectivity index (χ4n) is 2.26. The Bertz CT molecular complexity index is 837. The molecule has 1 unspecified atom stereocenters. The van der Waals surface area contributed by atoms with Gasteiger partial charge in [-0.3, -0.25) is 20.2 Å². The van der Waals surface area contributed by atoms with E-state index in [1.165, 1.54) is 24.3 Å². The van der Waals surface area contributed by atoms with Crippen molar-refractivity contribution in [3.8, 4) is 5.75 Å². The van der Waals surface area contributed by atoms with Gasteiger partial charge in [-0.05, 0) is 54.4 Å². The third kappa shape index (κ3) is 4.76. The van der Waals surface area contributed by atoms with Crippen LogP contribution in [0.25, 0.3) is 0 Å². The van der Waals surface area contributed by atoms with Gasteiger partial charge in [-0.1, -0.05) is 19.9 Å². The van der Waals surface area contributed by atoms with Crippen molar-refractivity contribution in [1.29, 1.82) is 0 Å². The minimum absolute atomic E-state index is 0.0176. The lowest BCUT2D eigenvalue weighted by Crippen LogP contribution is -2.34. The molecular formula is C18H19N3O4S. The van der Waals surface area contributed by atoms with Gasteiger partial charge in [-0.2, -0.15) is 0 Å². The van der Waals surface area contributed by atoms with Crippen LogP contribution in [0.5, 0.6) is 5.75 Å². The molecule has 0 radical (unpaired) electrons. The van der Waals surface area contributed by atoms with Gasteiger partial charge in [0.2, 0.25) is 0 Å². The topological polar surface area (TPSA) is 104 Å². The molecule has 0 bridgehead atoms. The van der Waals surface area contributed by atoms with E-state index in [9.17, 15) is 20.0 Å². The number of nitrogens with zero attached hydrogens (tertiary/aromatic N) is 1. The lowest BCUT2D eigenvalue weighted by Gasteiger charge is -2.14. The van der Waals surface area contributed by atoms with Gasteiger partial charge in [0.1, 0.15) is 5.75 Å². The molecule has 0 aliphatic heterocycles. The van der Waals surface area contributed by atoms with Crippen LogP contribution >= 0.6 is 12.2 Å². The Morgan fingerprint density at radius 3 is 2.50 bits per heavy atom. The van der Waals surface area contributed by atoms with Gasteiger partial charge in [-0.25, -0.2) is 0 Å². The van der Waals surface area contributed by atoms with Crippen LogP contribution in [0, 0.1) is 10.1 Å². The van der Waals surface area contributed by atoms with E-state index >= 15 is 0 Å². The Labute approximate surface area is 156 Å². The number of rotatable bonds is 5. The molecule has 1 atom stereocenters. The number of phenolic OH excluding ortho intramolecular Hbond substituents is 1. The first kappa shape index (κ1) is 19.3. The molecule has 2 aromatic rings. The molecule has 0 aromatic heterocycles. The maximum Gasteiger partial charge on any atom is 0.269 e. The van der Waals surface area contributed by atoms with E-state index in [1.54, 1.807) is 12.1 Å². The number of carbonyl (C=O) groups is 1. The molecule has 0 heterocycles. The number of nitro groups is 1. The van der Waals surface area contributed by atoms with E-state index in [0.29, 0.717) is 11.6 Å². The van der Waals surface area contributed by atoms with Crippen LogP contribution in [-0.4, -0.2) is 21.0 Å². The largest absolute Gasteiger partial charge is 0.506 e. The lowest BCUT2D eigenvalue weighted by atomic mass is 9.98. The van der Waals surface area contributed by atoms with Gasteiger partial charge in [0.15, 0.2) is 5.11 Å². The number of anilines is 1. The van der Waals surface area contributed by atoms with E-state index < -0.39 is 10.8 Å². The Kier molecular flexibility index (Phi) is 6.24. The van der Waals surface area contributed by atoms with Gasteiger partial charge in [0, 0.05) is 17.7 Å². The first-order valence-electron chi connectivity index (χ1n) is 8.01. The summed E-state index contributed by atoms with van der Waals surface area (Å²) in [6.45, 7) is 4.14. The molecular weight excluding hydrogens is 354 g/mol. The van der Waals surface area contributed by atoms with Crippen LogP contribution < -0.4 is 10.6 Å². The first-order valence-corrected chi connectivity index (χ1v) is 8.42. The predicted octanol–water partition coefficient (Wildman–Crippen LogP) is 3.94. The highest BCUT2D eigenvalue weighted by molar-refractivity contribution is 7.80. The number of aromatic hydroxyl groups is 1. The van der Waals surface area contributed by atoms with Crippen molar-refractivity contribution in [2.45, 2.75) is 26.2 Å². The average molecular weight is 373 g/mol. The Hall–Kier alpha value is -3.00. The van der Waals surface area contributed by atoms with E-state index in [2.05, 4.69) is 24.5 Å². The molecule has 0 aliphatic rings. The van der Waals surface area contributed by atoms with Crippen LogP contribution in [0.1, 0.15) is 42.1 Å². The Morgan fingerprint density at radius 2 is 1.92 bits per heavy atom. The number of benzene rings is 2. The maximum absolute atomic E-state index is 12.2. The summed E-state index contributed by atoms with van der Waals surface area (Å²) in [5.74, 6) is -0.168. The number of nitro benzene ring substituents is 1. The lowest BCUT2D eigenvalue weighted by molar-refractivity contribution is -0.384. The number of carbonyl (C=O) groups excluding carboxylic acids is 1. The zero-order chi connectivity index (χ0) is 19.3. The van der Waals surface area contributed by atoms with E-state index in [-0.39, 0.29) is 22.1 Å². The van der Waals surface area contributed by atoms with Crippen molar-refractivity contribution in [3.63, 3.8) is 0 Å². The minimum Gasteiger partial charge on any atom is -0.506 e. The third-order valence-corrected chi connectivity index (χ3v) is 4.22. The highest BCUT2D eigenvalue weighted by atomic mass is 32.1. The zero-order valence-corrected chi connectivity index (χ0v) is 15.2. The Balaban J connectivity index is 2.06. The first-order chi connectivity index (χ1) is 12.3. The highest BCUT2D eigenvalue weighted by Gasteiger charge is 2.13. The SMILES string of the molecule is CCC(C)c1ccc(O)c(NC(=S)NC(=O)c2ccc([N+](=O)[O-])cc2)c1. The van der Waals surface area contributed by atoms with Crippen molar-refractivity contribution in [2.75, 3.05) is 5.32 Å². The van der Waals surface area contributed by atoms with E-state index in [4.69, 9.17) is 12.2 Å². The van der Waals surface area contributed by atoms with E-state index in [0.717, 1.165) is 12.0 Å². The van der Waals surface area contributed by atoms with Gasteiger partial charge in [-0.15, -0.1) is 0 Å². The number of hydrogen-bond donors (Lipinski definition) is 3. The number of amides is 1.